The molecule has 5 heteroatoms. The number of anilines is 2. The van der Waals surface area contributed by atoms with Gasteiger partial charge in [-0.3, -0.25) is 4.79 Å². The second kappa shape index (κ2) is 8.43. The number of aryl methyl sites for hydroxylation is 2. The summed E-state index contributed by atoms with van der Waals surface area (Å²) >= 11 is 0. The average Bonchev–Trinajstić information content (AvgIpc) is 2.58. The van der Waals surface area contributed by atoms with Crippen molar-refractivity contribution in [2.45, 2.75) is 40.5 Å². The molecule has 0 spiro atoms. The number of hydrogen-bond acceptors (Lipinski definition) is 4. The maximum Gasteiger partial charge on any atom is 0.276 e. The third-order valence-corrected chi connectivity index (χ3v) is 3.84. The van der Waals surface area contributed by atoms with Crippen LogP contribution in [0.15, 0.2) is 30.3 Å². The quantitative estimate of drug-likeness (QED) is 0.836. The molecule has 2 rings (SSSR count). The molecule has 1 aromatic heterocycles. The molecule has 0 aliphatic rings. The maximum atomic E-state index is 12.4. The van der Waals surface area contributed by atoms with Crippen LogP contribution in [0.5, 0.6) is 0 Å². The van der Waals surface area contributed by atoms with Crippen molar-refractivity contribution in [1.82, 2.24) is 10.2 Å². The summed E-state index contributed by atoms with van der Waals surface area (Å²) in [5.74, 6) is 0.585. The summed E-state index contributed by atoms with van der Waals surface area (Å²) in [4.78, 5) is 14.6. The summed E-state index contributed by atoms with van der Waals surface area (Å²) in [5.41, 5.74) is 3.26. The van der Waals surface area contributed by atoms with E-state index in [0.29, 0.717) is 5.69 Å². The van der Waals surface area contributed by atoms with E-state index < -0.39 is 0 Å². The number of carbonyl (C=O) groups excluding carboxylic acids is 1. The molecule has 1 heterocycles. The molecule has 0 aliphatic heterocycles. The lowest BCUT2D eigenvalue weighted by Crippen LogP contribution is -2.26. The van der Waals surface area contributed by atoms with Crippen molar-refractivity contribution >= 4 is 17.4 Å². The molecule has 24 heavy (non-hydrogen) atoms. The van der Waals surface area contributed by atoms with Gasteiger partial charge in [0, 0.05) is 18.8 Å². The minimum atomic E-state index is -0.236. The summed E-state index contributed by atoms with van der Waals surface area (Å²) < 4.78 is 0. The second-order valence-electron chi connectivity index (χ2n) is 6.04. The Morgan fingerprint density at radius 2 is 1.75 bits per heavy atom. The van der Waals surface area contributed by atoms with Crippen molar-refractivity contribution in [3.63, 3.8) is 0 Å². The van der Waals surface area contributed by atoms with E-state index >= 15 is 0 Å². The fourth-order valence-electron chi connectivity index (χ4n) is 2.55. The van der Waals surface area contributed by atoms with Gasteiger partial charge >= 0.3 is 0 Å². The van der Waals surface area contributed by atoms with Crippen LogP contribution in [0.1, 0.15) is 48.3 Å². The molecule has 2 aromatic rings. The van der Waals surface area contributed by atoms with Crippen LogP contribution >= 0.6 is 0 Å². The van der Waals surface area contributed by atoms with Crippen LogP contribution in [-0.2, 0) is 0 Å². The fraction of sp³-hybridized carbons (Fsp3) is 0.421. The summed E-state index contributed by atoms with van der Waals surface area (Å²) in [6.07, 6.45) is 2.10. The summed E-state index contributed by atoms with van der Waals surface area (Å²) in [5, 5.41) is 11.3. The summed E-state index contributed by atoms with van der Waals surface area (Å²) in [6, 6.07) is 9.58. The van der Waals surface area contributed by atoms with E-state index in [-0.39, 0.29) is 5.91 Å². The molecule has 0 saturated heterocycles. The Kier molecular flexibility index (Phi) is 6.29. The number of hydrogen-bond donors (Lipinski definition) is 1. The van der Waals surface area contributed by atoms with Crippen LogP contribution < -0.4 is 10.2 Å². The highest BCUT2D eigenvalue weighted by Gasteiger charge is 2.12. The largest absolute Gasteiger partial charge is 0.355 e. The van der Waals surface area contributed by atoms with Gasteiger partial charge in [0.25, 0.3) is 5.91 Å². The van der Waals surface area contributed by atoms with Gasteiger partial charge in [0.15, 0.2) is 11.5 Å². The molecule has 0 fully saturated rings. The van der Waals surface area contributed by atoms with Gasteiger partial charge in [0.1, 0.15) is 0 Å². The Balaban J connectivity index is 2.12. The molecule has 0 atom stereocenters. The van der Waals surface area contributed by atoms with Crippen LogP contribution in [0.4, 0.5) is 11.5 Å². The number of rotatable bonds is 7. The Morgan fingerprint density at radius 1 is 1.04 bits per heavy atom. The normalized spacial score (nSPS) is 10.5. The van der Waals surface area contributed by atoms with Gasteiger partial charge in [-0.05, 0) is 56.0 Å². The Labute approximate surface area is 144 Å². The molecule has 128 valence electrons. The van der Waals surface area contributed by atoms with Crippen LogP contribution in [0.25, 0.3) is 0 Å². The first-order valence-corrected chi connectivity index (χ1v) is 8.52. The van der Waals surface area contributed by atoms with E-state index in [4.69, 9.17) is 0 Å². The van der Waals surface area contributed by atoms with Crippen LogP contribution in [-0.4, -0.2) is 29.2 Å². The number of aromatic nitrogens is 2. The molecule has 0 radical (unpaired) electrons. The van der Waals surface area contributed by atoms with Gasteiger partial charge in [0.05, 0.1) is 0 Å². The molecule has 1 amide bonds. The van der Waals surface area contributed by atoms with Crippen molar-refractivity contribution < 1.29 is 4.79 Å². The van der Waals surface area contributed by atoms with E-state index in [9.17, 15) is 4.79 Å². The van der Waals surface area contributed by atoms with Crippen molar-refractivity contribution in [3.8, 4) is 0 Å². The zero-order valence-electron chi connectivity index (χ0n) is 15.0. The van der Waals surface area contributed by atoms with Crippen LogP contribution in [0, 0.1) is 13.8 Å². The van der Waals surface area contributed by atoms with Crippen molar-refractivity contribution in [1.29, 1.82) is 0 Å². The Hall–Kier alpha value is -2.43. The lowest BCUT2D eigenvalue weighted by molar-refractivity contribution is 0.102. The van der Waals surface area contributed by atoms with Gasteiger partial charge < -0.3 is 10.2 Å². The zero-order chi connectivity index (χ0) is 17.5. The van der Waals surface area contributed by atoms with E-state index in [1.165, 1.54) is 0 Å². The first kappa shape index (κ1) is 17.9. The molecular formula is C19H26N4O. The van der Waals surface area contributed by atoms with Gasteiger partial charge in [0.2, 0.25) is 0 Å². The SMILES string of the molecule is CCCN(CCC)c1ccc(C(=O)Nc2cc(C)ccc2C)nn1. The lowest BCUT2D eigenvalue weighted by atomic mass is 10.1. The average molecular weight is 326 g/mol. The number of benzene rings is 1. The first-order valence-electron chi connectivity index (χ1n) is 8.52. The molecule has 0 unspecified atom stereocenters. The van der Waals surface area contributed by atoms with Gasteiger partial charge in [-0.2, -0.15) is 0 Å². The number of amides is 1. The van der Waals surface area contributed by atoms with E-state index in [1.54, 1.807) is 6.07 Å². The predicted molar refractivity (Wildman–Crippen MR) is 98.7 cm³/mol. The van der Waals surface area contributed by atoms with Crippen molar-refractivity contribution in [3.05, 3.63) is 47.2 Å². The van der Waals surface area contributed by atoms with Gasteiger partial charge in [-0.15, -0.1) is 10.2 Å². The third-order valence-electron chi connectivity index (χ3n) is 3.84. The third kappa shape index (κ3) is 4.54. The smallest absolute Gasteiger partial charge is 0.276 e. The lowest BCUT2D eigenvalue weighted by Gasteiger charge is -2.21. The molecular weight excluding hydrogens is 300 g/mol. The summed E-state index contributed by atoms with van der Waals surface area (Å²) in [7, 11) is 0. The maximum absolute atomic E-state index is 12.4. The predicted octanol–water partition coefficient (Wildman–Crippen LogP) is 3.97. The fourth-order valence-corrected chi connectivity index (χ4v) is 2.55. The van der Waals surface area contributed by atoms with Crippen molar-refractivity contribution in [2.75, 3.05) is 23.3 Å². The number of nitrogens with one attached hydrogen (secondary N) is 1. The first-order chi connectivity index (χ1) is 11.5. The topological polar surface area (TPSA) is 58.1 Å². The minimum Gasteiger partial charge on any atom is -0.355 e. The standard InChI is InChI=1S/C19H26N4O/c1-5-11-23(12-6-2)18-10-9-16(21-22-18)19(24)20-17-13-14(3)7-8-15(17)4/h7-10,13H,5-6,11-12H2,1-4H3,(H,20,24). The van der Waals surface area contributed by atoms with Crippen LogP contribution in [0.3, 0.4) is 0 Å². The Morgan fingerprint density at radius 3 is 2.33 bits per heavy atom. The number of carbonyl (C=O) groups is 1. The summed E-state index contributed by atoms with van der Waals surface area (Å²) in [6.45, 7) is 10.1. The van der Waals surface area contributed by atoms with Crippen LogP contribution in [0.2, 0.25) is 0 Å². The highest BCUT2D eigenvalue weighted by Crippen LogP contribution is 2.17. The van der Waals surface area contributed by atoms with E-state index in [2.05, 4.69) is 34.3 Å². The van der Waals surface area contributed by atoms with E-state index in [1.807, 2.05) is 38.1 Å². The molecule has 0 bridgehead atoms. The highest BCUT2D eigenvalue weighted by molar-refractivity contribution is 6.03. The number of nitrogens with zero attached hydrogens (tertiary/aromatic N) is 3. The molecule has 0 aliphatic carbocycles. The zero-order valence-corrected chi connectivity index (χ0v) is 15.0. The van der Waals surface area contributed by atoms with Crippen molar-refractivity contribution in [2.24, 2.45) is 0 Å². The highest BCUT2D eigenvalue weighted by atomic mass is 16.1. The molecule has 1 N–H and O–H groups in total. The minimum absolute atomic E-state index is 0.236. The molecule has 5 nitrogen and oxygen atoms in total. The van der Waals surface area contributed by atoms with Gasteiger partial charge in [-0.1, -0.05) is 26.0 Å². The molecule has 0 saturated carbocycles. The van der Waals surface area contributed by atoms with E-state index in [0.717, 1.165) is 48.6 Å². The van der Waals surface area contributed by atoms with Gasteiger partial charge in [-0.25, -0.2) is 0 Å². The Bertz CT molecular complexity index is 676. The second-order valence-corrected chi connectivity index (χ2v) is 6.04. The monoisotopic (exact) mass is 326 g/mol. The molecule has 1 aromatic carbocycles.